The minimum atomic E-state index is 0.456. The van der Waals surface area contributed by atoms with E-state index in [1.807, 2.05) is 0 Å². The smallest absolute Gasteiger partial charge is 0.273 e. The van der Waals surface area contributed by atoms with E-state index in [2.05, 4.69) is 4.67 Å². The zero-order chi connectivity index (χ0) is 5.28. The Balaban J connectivity index is 3.03. The van der Waals surface area contributed by atoms with E-state index in [1.165, 1.54) is 0 Å². The van der Waals surface area contributed by atoms with Crippen molar-refractivity contribution in [2.24, 2.45) is 5.73 Å². The highest BCUT2D eigenvalue weighted by atomic mass is 35.5. The third-order valence-electron chi connectivity index (χ3n) is 0.628. The third kappa shape index (κ3) is 0.829. The van der Waals surface area contributed by atoms with Crippen LogP contribution < -0.4 is 10.4 Å². The Bertz CT molecular complexity index is 158. The van der Waals surface area contributed by atoms with Gasteiger partial charge in [0.05, 0.1) is 6.08 Å². The van der Waals surface area contributed by atoms with Gasteiger partial charge in [0, 0.05) is 6.08 Å². The summed E-state index contributed by atoms with van der Waals surface area (Å²) in [4.78, 5) is 0. The predicted octanol–water partition coefficient (Wildman–Crippen LogP) is -0.382. The molecular weight excluding hydrogens is 112 g/mol. The van der Waals surface area contributed by atoms with Crippen molar-refractivity contribution < 1.29 is 0 Å². The molecule has 2 nitrogen and oxygen atoms in total. The van der Waals surface area contributed by atoms with Crippen molar-refractivity contribution in [3.8, 4) is 0 Å². The first-order chi connectivity index (χ1) is 3.29. The highest BCUT2D eigenvalue weighted by molar-refractivity contribution is 6.69. The van der Waals surface area contributed by atoms with Gasteiger partial charge in [-0.3, -0.25) is 5.73 Å². The molecule has 0 fully saturated rings. The first-order valence-electron chi connectivity index (χ1n) is 1.84. The van der Waals surface area contributed by atoms with Gasteiger partial charge in [0.2, 0.25) is 0 Å². The molecule has 0 bridgehead atoms. The molecule has 0 amide bonds. The van der Waals surface area contributed by atoms with Crippen LogP contribution in [0.3, 0.4) is 0 Å². The third-order valence-corrected chi connectivity index (χ3v) is 0.838. The average molecular weight is 116 g/mol. The predicted molar refractivity (Wildman–Crippen MR) is 31.3 cm³/mol. The number of nitrogens with two attached hydrogens (primary N) is 1. The largest absolute Gasteiger partial charge is 0.367 e. The summed E-state index contributed by atoms with van der Waals surface area (Å²) in [7, 11) is 0. The molecule has 0 saturated carbocycles. The van der Waals surface area contributed by atoms with E-state index in [9.17, 15) is 0 Å². The first-order valence-corrected chi connectivity index (χ1v) is 2.21. The van der Waals surface area contributed by atoms with Gasteiger partial charge >= 0.3 is 5.84 Å². The second-order valence-electron chi connectivity index (χ2n) is 1.19. The highest BCUT2D eigenvalue weighted by Gasteiger charge is 2.03. The summed E-state index contributed by atoms with van der Waals surface area (Å²) in [5, 5.41) is 0.456. The number of halogens is 1. The number of nitrogens with zero attached hydrogens (tertiary/aromatic N) is 1. The zero-order valence-corrected chi connectivity index (χ0v) is 4.31. The van der Waals surface area contributed by atoms with Crippen molar-refractivity contribution in [3.05, 3.63) is 12.2 Å². The van der Waals surface area contributed by atoms with Crippen molar-refractivity contribution in [2.45, 2.75) is 0 Å². The van der Waals surface area contributed by atoms with Gasteiger partial charge in [-0.1, -0.05) is 0 Å². The monoisotopic (exact) mass is 115 g/mol. The number of allylic oxidation sites excluding steroid dienone is 1. The molecule has 0 radical (unpaired) electrons. The topological polar surface area (TPSA) is 40.1 Å². The van der Waals surface area contributed by atoms with Gasteiger partial charge in [-0.05, 0) is 11.6 Å². The molecule has 36 valence electrons. The molecule has 2 N–H and O–H groups in total. The SMILES string of the molecule is NC1=[N+]=C(Cl)C=C1. The van der Waals surface area contributed by atoms with Crippen LogP contribution in [0.1, 0.15) is 0 Å². The summed E-state index contributed by atoms with van der Waals surface area (Å²) in [6.45, 7) is 0. The number of hydrogen-bond acceptors (Lipinski definition) is 1. The quantitative estimate of drug-likeness (QED) is 0.430. The summed E-state index contributed by atoms with van der Waals surface area (Å²) >= 11 is 5.37. The molecule has 0 unspecified atom stereocenters. The maximum absolute atomic E-state index is 5.37. The summed E-state index contributed by atoms with van der Waals surface area (Å²) in [5.41, 5.74) is 5.18. The second-order valence-corrected chi connectivity index (χ2v) is 1.58. The van der Waals surface area contributed by atoms with Crippen molar-refractivity contribution in [2.75, 3.05) is 0 Å². The van der Waals surface area contributed by atoms with Crippen molar-refractivity contribution in [3.63, 3.8) is 0 Å². The van der Waals surface area contributed by atoms with Crippen LogP contribution in [-0.2, 0) is 0 Å². The van der Waals surface area contributed by atoms with Crippen molar-refractivity contribution in [1.82, 2.24) is 4.67 Å². The zero-order valence-electron chi connectivity index (χ0n) is 3.56. The Hall–Kier alpha value is -0.720. The maximum atomic E-state index is 5.37. The summed E-state index contributed by atoms with van der Waals surface area (Å²) in [6.07, 6.45) is 3.30. The molecule has 0 saturated heterocycles. The molecule has 0 atom stereocenters. The molecule has 1 aliphatic heterocycles. The molecule has 0 aliphatic carbocycles. The molecule has 0 aromatic heterocycles. The molecule has 1 rings (SSSR count). The van der Waals surface area contributed by atoms with E-state index >= 15 is 0 Å². The van der Waals surface area contributed by atoms with Gasteiger partial charge in [0.15, 0.2) is 0 Å². The standard InChI is InChI=1S/C4H3ClN2/c5-3-1-2-4(6)7-3/h1-2,6H/p+1. The fraction of sp³-hybridized carbons (Fsp3) is 0. The van der Waals surface area contributed by atoms with E-state index in [0.29, 0.717) is 11.0 Å². The van der Waals surface area contributed by atoms with Crippen molar-refractivity contribution >= 4 is 22.6 Å². The minimum Gasteiger partial charge on any atom is -0.273 e. The van der Waals surface area contributed by atoms with Crippen LogP contribution in [0.2, 0.25) is 0 Å². The Morgan fingerprint density at radius 3 is 2.43 bits per heavy atom. The Morgan fingerprint density at radius 1 is 1.57 bits per heavy atom. The Kier molecular flexibility index (Phi) is 0.895. The Morgan fingerprint density at radius 2 is 2.29 bits per heavy atom. The summed E-state index contributed by atoms with van der Waals surface area (Å²) in [6, 6.07) is 0. The second kappa shape index (κ2) is 1.41. The van der Waals surface area contributed by atoms with E-state index < -0.39 is 0 Å². The fourth-order valence-corrected chi connectivity index (χ4v) is 0.513. The molecule has 1 heterocycles. The first kappa shape index (κ1) is 4.44. The van der Waals surface area contributed by atoms with Crippen LogP contribution in [0.4, 0.5) is 0 Å². The molecule has 1 aliphatic rings. The van der Waals surface area contributed by atoms with E-state index in [0.717, 1.165) is 0 Å². The van der Waals surface area contributed by atoms with Crippen molar-refractivity contribution in [1.29, 1.82) is 0 Å². The fourth-order valence-electron chi connectivity index (χ4n) is 0.352. The summed E-state index contributed by atoms with van der Waals surface area (Å²) < 4.78 is 3.65. The lowest BCUT2D eigenvalue weighted by Gasteiger charge is -1.56. The number of rotatable bonds is 0. The lowest BCUT2D eigenvalue weighted by atomic mass is 10.5. The van der Waals surface area contributed by atoms with Crippen LogP contribution in [0.15, 0.2) is 12.2 Å². The lowest BCUT2D eigenvalue weighted by molar-refractivity contribution is 1.61. The van der Waals surface area contributed by atoms with E-state index in [-0.39, 0.29) is 0 Å². The van der Waals surface area contributed by atoms with Crippen LogP contribution in [0, 0.1) is 0 Å². The molecule has 0 aromatic carbocycles. The molecule has 0 aromatic rings. The van der Waals surface area contributed by atoms with E-state index in [1.54, 1.807) is 12.2 Å². The Labute approximate surface area is 46.0 Å². The number of amidine groups is 1. The maximum Gasteiger partial charge on any atom is 0.367 e. The van der Waals surface area contributed by atoms with Crippen LogP contribution in [-0.4, -0.2) is 11.0 Å². The van der Waals surface area contributed by atoms with Gasteiger partial charge in [-0.2, -0.15) is 4.67 Å². The van der Waals surface area contributed by atoms with E-state index in [4.69, 9.17) is 17.3 Å². The van der Waals surface area contributed by atoms with Crippen LogP contribution >= 0.6 is 11.6 Å². The molecule has 0 spiro atoms. The van der Waals surface area contributed by atoms with Gasteiger partial charge in [0.1, 0.15) is 0 Å². The molecule has 7 heavy (non-hydrogen) atoms. The highest BCUT2D eigenvalue weighted by Crippen LogP contribution is 1.85. The van der Waals surface area contributed by atoms with Gasteiger partial charge in [0.25, 0.3) is 5.17 Å². The molecule has 3 heteroatoms. The summed E-state index contributed by atoms with van der Waals surface area (Å²) in [5.74, 6) is 0.477. The van der Waals surface area contributed by atoms with Gasteiger partial charge in [-0.15, -0.1) is 0 Å². The number of hydrogen-bond donors (Lipinski definition) is 1. The molecular formula is C4H4ClN2+. The van der Waals surface area contributed by atoms with Gasteiger partial charge < -0.3 is 0 Å². The van der Waals surface area contributed by atoms with Crippen LogP contribution in [0.5, 0.6) is 0 Å². The average Bonchev–Trinajstić information content (AvgIpc) is 1.87. The minimum absolute atomic E-state index is 0.456. The van der Waals surface area contributed by atoms with Crippen LogP contribution in [0.25, 0.3) is 0 Å². The normalized spacial score (nSPS) is 16.7. The van der Waals surface area contributed by atoms with Gasteiger partial charge in [-0.25, -0.2) is 0 Å². The lowest BCUT2D eigenvalue weighted by Crippen LogP contribution is -2.07.